The highest BCUT2D eigenvalue weighted by molar-refractivity contribution is 5.41. The molecule has 0 bridgehead atoms. The van der Waals surface area contributed by atoms with E-state index in [2.05, 4.69) is 36.0 Å². The molecule has 1 aromatic heterocycles. The highest BCUT2D eigenvalue weighted by Gasteiger charge is 2.26. The quantitative estimate of drug-likeness (QED) is 0.904. The van der Waals surface area contributed by atoms with E-state index in [1.54, 1.807) is 7.11 Å². The number of aromatic nitrogens is 1. The molecule has 2 rings (SSSR count). The molecule has 2 unspecified atom stereocenters. The van der Waals surface area contributed by atoms with Crippen LogP contribution in [0.15, 0.2) is 6.20 Å². The number of hydrogen-bond donors (Lipinski definition) is 1. The van der Waals surface area contributed by atoms with Crippen molar-refractivity contribution in [1.82, 2.24) is 15.2 Å². The van der Waals surface area contributed by atoms with Crippen LogP contribution in [0.4, 0.5) is 0 Å². The predicted molar refractivity (Wildman–Crippen MR) is 86.8 cm³/mol. The van der Waals surface area contributed by atoms with Crippen molar-refractivity contribution in [2.24, 2.45) is 5.92 Å². The first-order valence-electron chi connectivity index (χ1n) is 8.01. The second kappa shape index (κ2) is 7.23. The fourth-order valence-electron chi connectivity index (χ4n) is 3.38. The lowest BCUT2D eigenvalue weighted by molar-refractivity contribution is 0.140. The summed E-state index contributed by atoms with van der Waals surface area (Å²) >= 11 is 0. The summed E-state index contributed by atoms with van der Waals surface area (Å²) in [6.07, 6.45) is 3.15. The standard InChI is InChI=1S/C17H29N3O/c1-6-18-15-7-8-20(10-13(15)3)11-16-14(4)17(21-5)12(2)9-19-16/h9,13,15,18H,6-8,10-11H2,1-5H3. The smallest absolute Gasteiger partial charge is 0.128 e. The van der Waals surface area contributed by atoms with Crippen molar-refractivity contribution in [2.45, 2.75) is 46.7 Å². The van der Waals surface area contributed by atoms with Gasteiger partial charge in [-0.15, -0.1) is 0 Å². The molecular weight excluding hydrogens is 262 g/mol. The number of rotatable bonds is 5. The van der Waals surface area contributed by atoms with Gasteiger partial charge in [0, 0.05) is 43.0 Å². The van der Waals surface area contributed by atoms with Gasteiger partial charge < -0.3 is 10.1 Å². The predicted octanol–water partition coefficient (Wildman–Crippen LogP) is 2.53. The van der Waals surface area contributed by atoms with Crippen LogP contribution in [0.5, 0.6) is 5.75 Å². The van der Waals surface area contributed by atoms with E-state index in [1.165, 1.54) is 12.0 Å². The minimum absolute atomic E-state index is 0.660. The normalized spacial score (nSPS) is 23.3. The monoisotopic (exact) mass is 291 g/mol. The number of hydrogen-bond acceptors (Lipinski definition) is 4. The summed E-state index contributed by atoms with van der Waals surface area (Å²) in [5.41, 5.74) is 3.43. The third-order valence-corrected chi connectivity index (χ3v) is 4.58. The highest BCUT2D eigenvalue weighted by Crippen LogP contribution is 2.26. The van der Waals surface area contributed by atoms with Crippen molar-refractivity contribution in [1.29, 1.82) is 0 Å². The second-order valence-electron chi connectivity index (χ2n) is 6.21. The molecule has 2 atom stereocenters. The fourth-order valence-corrected chi connectivity index (χ4v) is 3.38. The molecule has 4 heteroatoms. The molecule has 1 aliphatic heterocycles. The van der Waals surface area contributed by atoms with Gasteiger partial charge in [-0.05, 0) is 32.7 Å². The Morgan fingerprint density at radius 3 is 2.81 bits per heavy atom. The van der Waals surface area contributed by atoms with E-state index >= 15 is 0 Å². The lowest BCUT2D eigenvalue weighted by atomic mass is 9.93. The molecule has 21 heavy (non-hydrogen) atoms. The average molecular weight is 291 g/mol. The number of ether oxygens (including phenoxy) is 1. The third kappa shape index (κ3) is 3.74. The van der Waals surface area contributed by atoms with Crippen molar-refractivity contribution in [3.05, 3.63) is 23.0 Å². The SMILES string of the molecule is CCNC1CCN(Cc2ncc(C)c(OC)c2C)CC1C. The van der Waals surface area contributed by atoms with E-state index in [1.807, 2.05) is 13.1 Å². The molecule has 1 fully saturated rings. The summed E-state index contributed by atoms with van der Waals surface area (Å²) in [6.45, 7) is 12.9. The fraction of sp³-hybridized carbons (Fsp3) is 0.706. The maximum atomic E-state index is 5.51. The van der Waals surface area contributed by atoms with Gasteiger partial charge in [-0.3, -0.25) is 9.88 Å². The van der Waals surface area contributed by atoms with Crippen LogP contribution in [0.3, 0.4) is 0 Å². The van der Waals surface area contributed by atoms with Crippen LogP contribution < -0.4 is 10.1 Å². The zero-order valence-corrected chi connectivity index (χ0v) is 14.1. The molecule has 0 radical (unpaired) electrons. The van der Waals surface area contributed by atoms with Gasteiger partial charge in [0.1, 0.15) is 5.75 Å². The van der Waals surface area contributed by atoms with Crippen LogP contribution in [-0.2, 0) is 6.54 Å². The minimum atomic E-state index is 0.660. The maximum Gasteiger partial charge on any atom is 0.128 e. The number of likely N-dealkylation sites (tertiary alicyclic amines) is 1. The lowest BCUT2D eigenvalue weighted by Crippen LogP contribution is -2.48. The zero-order valence-electron chi connectivity index (χ0n) is 14.1. The van der Waals surface area contributed by atoms with Gasteiger partial charge in [0.2, 0.25) is 0 Å². The van der Waals surface area contributed by atoms with Gasteiger partial charge in [-0.2, -0.15) is 0 Å². The molecule has 0 spiro atoms. The van der Waals surface area contributed by atoms with Crippen LogP contribution >= 0.6 is 0 Å². The topological polar surface area (TPSA) is 37.4 Å². The van der Waals surface area contributed by atoms with Gasteiger partial charge in [0.15, 0.2) is 0 Å². The number of pyridine rings is 1. The number of piperidine rings is 1. The van der Waals surface area contributed by atoms with Gasteiger partial charge in [-0.25, -0.2) is 0 Å². The maximum absolute atomic E-state index is 5.51. The highest BCUT2D eigenvalue weighted by atomic mass is 16.5. The van der Waals surface area contributed by atoms with E-state index in [0.717, 1.165) is 43.2 Å². The lowest BCUT2D eigenvalue weighted by Gasteiger charge is -2.37. The van der Waals surface area contributed by atoms with Crippen LogP contribution in [-0.4, -0.2) is 42.7 Å². The number of nitrogens with one attached hydrogen (secondary N) is 1. The van der Waals surface area contributed by atoms with E-state index in [9.17, 15) is 0 Å². The number of methoxy groups -OCH3 is 1. The van der Waals surface area contributed by atoms with Gasteiger partial charge >= 0.3 is 0 Å². The van der Waals surface area contributed by atoms with Crippen LogP contribution in [0.2, 0.25) is 0 Å². The summed E-state index contributed by atoms with van der Waals surface area (Å²) < 4.78 is 5.51. The second-order valence-corrected chi connectivity index (χ2v) is 6.21. The summed E-state index contributed by atoms with van der Waals surface area (Å²) in [5, 5.41) is 3.59. The van der Waals surface area contributed by atoms with Crippen LogP contribution in [0.25, 0.3) is 0 Å². The largest absolute Gasteiger partial charge is 0.496 e. The molecule has 118 valence electrons. The van der Waals surface area contributed by atoms with Gasteiger partial charge in [0.25, 0.3) is 0 Å². The van der Waals surface area contributed by atoms with E-state index in [4.69, 9.17) is 4.74 Å². The molecule has 0 aromatic carbocycles. The summed E-state index contributed by atoms with van der Waals surface area (Å²) in [5.74, 6) is 1.67. The minimum Gasteiger partial charge on any atom is -0.496 e. The van der Waals surface area contributed by atoms with Crippen molar-refractivity contribution < 1.29 is 4.74 Å². The third-order valence-electron chi connectivity index (χ3n) is 4.58. The average Bonchev–Trinajstić information content (AvgIpc) is 2.46. The number of nitrogens with zero attached hydrogens (tertiary/aromatic N) is 2. The molecule has 2 heterocycles. The van der Waals surface area contributed by atoms with E-state index in [-0.39, 0.29) is 0 Å². The Balaban J connectivity index is 2.03. The first-order valence-corrected chi connectivity index (χ1v) is 8.01. The number of aryl methyl sites for hydroxylation is 1. The molecule has 0 amide bonds. The van der Waals surface area contributed by atoms with E-state index in [0.29, 0.717) is 12.0 Å². The first-order chi connectivity index (χ1) is 10.1. The van der Waals surface area contributed by atoms with Crippen molar-refractivity contribution in [3.8, 4) is 5.75 Å². The van der Waals surface area contributed by atoms with Crippen molar-refractivity contribution in [2.75, 3.05) is 26.7 Å². The molecule has 0 aliphatic carbocycles. The van der Waals surface area contributed by atoms with Crippen molar-refractivity contribution >= 4 is 0 Å². The molecule has 4 nitrogen and oxygen atoms in total. The van der Waals surface area contributed by atoms with Crippen LogP contribution in [0.1, 0.15) is 37.1 Å². The molecule has 1 aromatic rings. The Hall–Kier alpha value is -1.13. The Labute approximate surface area is 128 Å². The summed E-state index contributed by atoms with van der Waals surface area (Å²) in [4.78, 5) is 7.14. The first kappa shape index (κ1) is 16.2. The Morgan fingerprint density at radius 1 is 1.43 bits per heavy atom. The molecular formula is C17H29N3O. The Bertz CT molecular complexity index is 475. The zero-order chi connectivity index (χ0) is 15.4. The summed E-state index contributed by atoms with van der Waals surface area (Å²) in [6, 6.07) is 0.660. The molecule has 1 N–H and O–H groups in total. The van der Waals surface area contributed by atoms with Crippen molar-refractivity contribution in [3.63, 3.8) is 0 Å². The Kier molecular flexibility index (Phi) is 5.59. The molecule has 1 saturated heterocycles. The van der Waals surface area contributed by atoms with Gasteiger partial charge in [0.05, 0.1) is 12.8 Å². The van der Waals surface area contributed by atoms with Gasteiger partial charge in [-0.1, -0.05) is 13.8 Å². The van der Waals surface area contributed by atoms with E-state index < -0.39 is 0 Å². The molecule has 0 saturated carbocycles. The van der Waals surface area contributed by atoms with Crippen LogP contribution in [0, 0.1) is 19.8 Å². The summed E-state index contributed by atoms with van der Waals surface area (Å²) in [7, 11) is 1.74. The Morgan fingerprint density at radius 2 is 2.19 bits per heavy atom. The molecule has 1 aliphatic rings.